The van der Waals surface area contributed by atoms with Crippen molar-refractivity contribution in [2.45, 2.75) is 19.0 Å². The minimum absolute atomic E-state index is 0.0163. The highest BCUT2D eigenvalue weighted by Gasteiger charge is 2.24. The van der Waals surface area contributed by atoms with Gasteiger partial charge < -0.3 is 30.7 Å². The molecular weight excluding hydrogens is 484 g/mol. The van der Waals surface area contributed by atoms with Crippen LogP contribution in [-0.4, -0.2) is 53.5 Å². The van der Waals surface area contributed by atoms with E-state index in [-0.39, 0.29) is 28.7 Å². The number of hydrogen-bond acceptors (Lipinski definition) is 8. The van der Waals surface area contributed by atoms with Gasteiger partial charge >= 0.3 is 6.09 Å². The fourth-order valence-electron chi connectivity index (χ4n) is 4.00. The average molecular weight is 510 g/mol. The van der Waals surface area contributed by atoms with Crippen molar-refractivity contribution in [2.24, 2.45) is 0 Å². The van der Waals surface area contributed by atoms with E-state index in [1.807, 2.05) is 6.07 Å². The minimum atomic E-state index is -1.24. The number of hydrogen-bond donors (Lipinski definition) is 4. The SMILES string of the molecule is C[C@H](NC(=O)O)[C@H](Nc1nc(Nc2cnc(N3CCOCC3)c(F)c2)c(C#N)cc1F)c1ccccc1. The molecule has 0 spiro atoms. The maximum absolute atomic E-state index is 15.0. The van der Waals surface area contributed by atoms with Gasteiger partial charge in [0.05, 0.1) is 42.7 Å². The number of benzene rings is 1. The second-order valence-corrected chi connectivity index (χ2v) is 8.35. The van der Waals surface area contributed by atoms with E-state index in [1.165, 1.54) is 12.3 Å². The molecular formula is C25H25F2N7O3. The number of amides is 1. The van der Waals surface area contributed by atoms with E-state index in [2.05, 4.69) is 25.9 Å². The van der Waals surface area contributed by atoms with Crippen molar-refractivity contribution >= 4 is 29.2 Å². The molecule has 0 radical (unpaired) electrons. The minimum Gasteiger partial charge on any atom is -0.465 e. The van der Waals surface area contributed by atoms with E-state index < -0.39 is 29.8 Å². The van der Waals surface area contributed by atoms with Crippen LogP contribution in [0.25, 0.3) is 0 Å². The van der Waals surface area contributed by atoms with Crippen molar-refractivity contribution in [2.75, 3.05) is 41.8 Å². The second kappa shape index (κ2) is 11.5. The number of aromatic nitrogens is 2. The molecule has 1 aliphatic heterocycles. The summed E-state index contributed by atoms with van der Waals surface area (Å²) < 4.78 is 35.1. The molecule has 3 heterocycles. The zero-order valence-corrected chi connectivity index (χ0v) is 19.9. The average Bonchev–Trinajstić information content (AvgIpc) is 2.89. The third kappa shape index (κ3) is 6.20. The van der Waals surface area contributed by atoms with Crippen molar-refractivity contribution in [1.29, 1.82) is 5.26 Å². The van der Waals surface area contributed by atoms with Gasteiger partial charge in [0.15, 0.2) is 29.1 Å². The molecule has 0 bridgehead atoms. The number of carbonyl (C=O) groups is 1. The van der Waals surface area contributed by atoms with Crippen LogP contribution in [0.1, 0.15) is 24.1 Å². The lowest BCUT2D eigenvalue weighted by molar-refractivity contribution is 0.122. The Morgan fingerprint density at radius 3 is 2.54 bits per heavy atom. The first-order valence-corrected chi connectivity index (χ1v) is 11.5. The maximum atomic E-state index is 15.0. The molecule has 1 aromatic carbocycles. The Morgan fingerprint density at radius 1 is 1.16 bits per heavy atom. The number of ether oxygens (including phenoxy) is 1. The fraction of sp³-hybridized carbons (Fsp3) is 0.280. The lowest BCUT2D eigenvalue weighted by atomic mass is 10.0. The standard InChI is InChI=1S/C25H25F2N7O3/c1-15(30-25(35)36)21(16-5-3-2-4-6-16)32-23-19(26)11-17(13-28)22(33-23)31-18-12-20(27)24(29-14-18)34-7-9-37-10-8-34/h2-6,11-12,14-15,21,30H,7-10H2,1H3,(H,35,36)(H2,31,32,33)/t15-,21-/m0/s1. The summed E-state index contributed by atoms with van der Waals surface area (Å²) in [6.07, 6.45) is 0.166. The maximum Gasteiger partial charge on any atom is 0.404 e. The molecule has 1 saturated heterocycles. The zero-order valence-electron chi connectivity index (χ0n) is 19.9. The van der Waals surface area contributed by atoms with E-state index in [9.17, 15) is 23.9 Å². The number of rotatable bonds is 8. The van der Waals surface area contributed by atoms with Crippen LogP contribution in [0.4, 0.5) is 36.7 Å². The van der Waals surface area contributed by atoms with Gasteiger partial charge in [-0.15, -0.1) is 0 Å². The Morgan fingerprint density at radius 2 is 1.89 bits per heavy atom. The fourth-order valence-corrected chi connectivity index (χ4v) is 4.00. The Balaban J connectivity index is 1.62. The Hall–Kier alpha value is -4.50. The van der Waals surface area contributed by atoms with Gasteiger partial charge in [-0.25, -0.2) is 23.5 Å². The van der Waals surface area contributed by atoms with Gasteiger partial charge in [0, 0.05) is 19.2 Å². The predicted octanol–water partition coefficient (Wildman–Crippen LogP) is 4.02. The topological polar surface area (TPSA) is 135 Å². The summed E-state index contributed by atoms with van der Waals surface area (Å²) in [7, 11) is 0. The van der Waals surface area contributed by atoms with Gasteiger partial charge in [0.25, 0.3) is 0 Å². The molecule has 0 aliphatic carbocycles. The number of halogens is 2. The molecule has 4 N–H and O–H groups in total. The monoisotopic (exact) mass is 509 g/mol. The Kier molecular flexibility index (Phi) is 7.95. The lowest BCUT2D eigenvalue weighted by Crippen LogP contribution is -2.39. The molecule has 4 rings (SSSR count). The first-order chi connectivity index (χ1) is 17.9. The summed E-state index contributed by atoms with van der Waals surface area (Å²) in [5.41, 5.74) is 0.805. The largest absolute Gasteiger partial charge is 0.465 e. The van der Waals surface area contributed by atoms with Crippen LogP contribution in [0.15, 0.2) is 48.7 Å². The van der Waals surface area contributed by atoms with E-state index >= 15 is 0 Å². The number of anilines is 4. The van der Waals surface area contributed by atoms with E-state index in [0.29, 0.717) is 31.9 Å². The Bertz CT molecular complexity index is 1300. The van der Waals surface area contributed by atoms with E-state index in [0.717, 1.165) is 6.07 Å². The molecule has 2 aromatic heterocycles. The molecule has 10 nitrogen and oxygen atoms in total. The number of pyridine rings is 2. The number of nitrogens with zero attached hydrogens (tertiary/aromatic N) is 4. The van der Waals surface area contributed by atoms with Crippen molar-refractivity contribution in [3.8, 4) is 6.07 Å². The van der Waals surface area contributed by atoms with Gasteiger partial charge in [-0.2, -0.15) is 5.26 Å². The van der Waals surface area contributed by atoms with Crippen LogP contribution in [0.5, 0.6) is 0 Å². The van der Waals surface area contributed by atoms with Crippen molar-refractivity contribution in [3.05, 3.63) is 71.4 Å². The molecule has 2 atom stereocenters. The van der Waals surface area contributed by atoms with Gasteiger partial charge in [-0.3, -0.25) is 0 Å². The summed E-state index contributed by atoms with van der Waals surface area (Å²) >= 11 is 0. The van der Waals surface area contributed by atoms with Crippen molar-refractivity contribution in [1.82, 2.24) is 15.3 Å². The van der Waals surface area contributed by atoms with Crippen LogP contribution in [0.3, 0.4) is 0 Å². The van der Waals surface area contributed by atoms with Crippen LogP contribution >= 0.6 is 0 Å². The molecule has 3 aromatic rings. The molecule has 0 unspecified atom stereocenters. The first-order valence-electron chi connectivity index (χ1n) is 11.5. The summed E-state index contributed by atoms with van der Waals surface area (Å²) in [4.78, 5) is 21.4. The normalized spacial score (nSPS) is 14.8. The van der Waals surface area contributed by atoms with Gasteiger partial charge in [-0.05, 0) is 18.6 Å². The number of nitrogens with one attached hydrogen (secondary N) is 3. The first kappa shape index (κ1) is 25.6. The summed E-state index contributed by atoms with van der Waals surface area (Å²) in [5.74, 6) is -1.42. The van der Waals surface area contributed by atoms with Crippen LogP contribution in [0.2, 0.25) is 0 Å². The third-order valence-corrected chi connectivity index (χ3v) is 5.79. The smallest absolute Gasteiger partial charge is 0.404 e. The molecule has 0 saturated carbocycles. The molecule has 192 valence electrons. The molecule has 1 amide bonds. The third-order valence-electron chi connectivity index (χ3n) is 5.79. The number of nitriles is 1. The van der Waals surface area contributed by atoms with Gasteiger partial charge in [0.2, 0.25) is 0 Å². The quantitative estimate of drug-likeness (QED) is 0.355. The predicted molar refractivity (Wildman–Crippen MR) is 133 cm³/mol. The second-order valence-electron chi connectivity index (χ2n) is 8.35. The van der Waals surface area contributed by atoms with Crippen molar-refractivity contribution in [3.63, 3.8) is 0 Å². The number of carboxylic acid groups (broad SMARTS) is 1. The molecule has 12 heteroatoms. The number of morpholine rings is 1. The van der Waals surface area contributed by atoms with Gasteiger partial charge in [0.1, 0.15) is 6.07 Å². The van der Waals surface area contributed by atoms with Crippen molar-refractivity contribution < 1.29 is 23.4 Å². The van der Waals surface area contributed by atoms with Crippen LogP contribution in [0, 0.1) is 23.0 Å². The van der Waals surface area contributed by atoms with Gasteiger partial charge in [-0.1, -0.05) is 30.3 Å². The highest BCUT2D eigenvalue weighted by atomic mass is 19.1. The zero-order chi connectivity index (χ0) is 26.4. The highest BCUT2D eigenvalue weighted by Crippen LogP contribution is 2.29. The van der Waals surface area contributed by atoms with Crippen LogP contribution in [-0.2, 0) is 4.74 Å². The van der Waals surface area contributed by atoms with E-state index in [4.69, 9.17) is 4.74 Å². The highest BCUT2D eigenvalue weighted by molar-refractivity contribution is 5.67. The summed E-state index contributed by atoms with van der Waals surface area (Å²) in [5, 5.41) is 26.9. The lowest BCUT2D eigenvalue weighted by Gasteiger charge is -2.28. The molecule has 1 aliphatic rings. The Labute approximate surface area is 211 Å². The van der Waals surface area contributed by atoms with E-state index in [1.54, 1.807) is 42.2 Å². The molecule has 37 heavy (non-hydrogen) atoms. The van der Waals surface area contributed by atoms with Crippen LogP contribution < -0.4 is 20.9 Å². The summed E-state index contributed by atoms with van der Waals surface area (Å²) in [6, 6.07) is 11.6. The molecule has 1 fully saturated rings. The summed E-state index contributed by atoms with van der Waals surface area (Å²) in [6.45, 7) is 3.62.